The van der Waals surface area contributed by atoms with E-state index in [4.69, 9.17) is 0 Å². The van der Waals surface area contributed by atoms with E-state index in [1.54, 1.807) is 0 Å². The normalized spacial score (nSPS) is 27.9. The van der Waals surface area contributed by atoms with Crippen molar-refractivity contribution in [3.8, 4) is 0 Å². The molecule has 0 saturated heterocycles. The molecule has 2 heteroatoms. The Bertz CT molecular complexity index is 310. The summed E-state index contributed by atoms with van der Waals surface area (Å²) in [6.07, 6.45) is 12.7. The van der Waals surface area contributed by atoms with Crippen molar-refractivity contribution in [2.45, 2.75) is 51.0 Å². The highest BCUT2D eigenvalue weighted by molar-refractivity contribution is 5.07. The third-order valence-electron chi connectivity index (χ3n) is 3.98. The van der Waals surface area contributed by atoms with Gasteiger partial charge in [-0.15, -0.1) is 0 Å². The molecule has 2 aliphatic rings. The SMILES string of the molecule is c1cn2c(n1)[C@H](C1CCCCC1)CC2. The van der Waals surface area contributed by atoms with Gasteiger partial charge in [0.05, 0.1) is 0 Å². The Morgan fingerprint density at radius 1 is 1.14 bits per heavy atom. The quantitative estimate of drug-likeness (QED) is 0.665. The molecular formula is C12H18N2. The van der Waals surface area contributed by atoms with E-state index in [-0.39, 0.29) is 0 Å². The van der Waals surface area contributed by atoms with Crippen LogP contribution in [0.15, 0.2) is 12.4 Å². The monoisotopic (exact) mass is 190 g/mol. The highest BCUT2D eigenvalue weighted by Gasteiger charge is 2.31. The van der Waals surface area contributed by atoms with Crippen LogP contribution in [0.25, 0.3) is 0 Å². The van der Waals surface area contributed by atoms with Gasteiger partial charge in [0.1, 0.15) is 5.82 Å². The summed E-state index contributed by atoms with van der Waals surface area (Å²) in [5, 5.41) is 0. The third-order valence-corrected chi connectivity index (χ3v) is 3.98. The van der Waals surface area contributed by atoms with Gasteiger partial charge in [-0.25, -0.2) is 4.98 Å². The molecule has 1 aromatic heterocycles. The summed E-state index contributed by atoms with van der Waals surface area (Å²) in [5.74, 6) is 3.09. The van der Waals surface area contributed by atoms with Gasteiger partial charge in [0.2, 0.25) is 0 Å². The van der Waals surface area contributed by atoms with Crippen LogP contribution in [-0.4, -0.2) is 9.55 Å². The van der Waals surface area contributed by atoms with E-state index in [0.29, 0.717) is 0 Å². The lowest BCUT2D eigenvalue weighted by Gasteiger charge is -2.26. The second-order valence-corrected chi connectivity index (χ2v) is 4.77. The zero-order valence-corrected chi connectivity index (χ0v) is 8.65. The highest BCUT2D eigenvalue weighted by Crippen LogP contribution is 2.40. The summed E-state index contributed by atoms with van der Waals surface area (Å²) in [7, 11) is 0. The molecule has 0 N–H and O–H groups in total. The molecule has 1 saturated carbocycles. The summed E-state index contributed by atoms with van der Waals surface area (Å²) in [5.41, 5.74) is 0. The van der Waals surface area contributed by atoms with Crippen molar-refractivity contribution in [2.24, 2.45) is 5.92 Å². The Morgan fingerprint density at radius 3 is 2.86 bits per heavy atom. The van der Waals surface area contributed by atoms with Crippen LogP contribution < -0.4 is 0 Å². The van der Waals surface area contributed by atoms with Gasteiger partial charge in [-0.2, -0.15) is 0 Å². The van der Waals surface area contributed by atoms with Crippen LogP contribution in [0.3, 0.4) is 0 Å². The maximum absolute atomic E-state index is 4.52. The first kappa shape index (κ1) is 8.51. The molecule has 14 heavy (non-hydrogen) atoms. The van der Waals surface area contributed by atoms with Gasteiger partial charge in [-0.3, -0.25) is 0 Å². The number of fused-ring (bicyclic) bond motifs is 1. The summed E-state index contributed by atoms with van der Waals surface area (Å²) in [6.45, 7) is 1.20. The van der Waals surface area contributed by atoms with Crippen molar-refractivity contribution in [3.05, 3.63) is 18.2 Å². The lowest BCUT2D eigenvalue weighted by atomic mass is 9.79. The molecule has 2 nitrogen and oxygen atoms in total. The summed E-state index contributed by atoms with van der Waals surface area (Å²) >= 11 is 0. The zero-order valence-electron chi connectivity index (χ0n) is 8.65. The first-order chi connectivity index (χ1) is 6.95. The summed E-state index contributed by atoms with van der Waals surface area (Å²) in [4.78, 5) is 4.52. The molecule has 1 fully saturated rings. The predicted octanol–water partition coefficient (Wildman–Crippen LogP) is 2.95. The molecule has 0 spiro atoms. The minimum atomic E-state index is 0.783. The lowest BCUT2D eigenvalue weighted by molar-refractivity contribution is 0.300. The number of imidazole rings is 1. The second kappa shape index (κ2) is 3.41. The smallest absolute Gasteiger partial charge is 0.112 e. The Labute approximate surface area is 85.3 Å². The van der Waals surface area contributed by atoms with Crippen LogP contribution >= 0.6 is 0 Å². The number of rotatable bonds is 1. The van der Waals surface area contributed by atoms with Crippen LogP contribution in [0.4, 0.5) is 0 Å². The average Bonchev–Trinajstić information content (AvgIpc) is 2.79. The van der Waals surface area contributed by atoms with Crippen molar-refractivity contribution in [1.82, 2.24) is 9.55 Å². The number of aryl methyl sites for hydroxylation is 1. The Balaban J connectivity index is 1.80. The van der Waals surface area contributed by atoms with E-state index in [0.717, 1.165) is 11.8 Å². The van der Waals surface area contributed by atoms with Crippen molar-refractivity contribution in [2.75, 3.05) is 0 Å². The fourth-order valence-corrected chi connectivity index (χ4v) is 3.23. The molecule has 0 unspecified atom stereocenters. The Hall–Kier alpha value is -0.790. The maximum Gasteiger partial charge on any atom is 0.112 e. The first-order valence-electron chi connectivity index (χ1n) is 5.96. The molecule has 0 bridgehead atoms. The summed E-state index contributed by atoms with van der Waals surface area (Å²) in [6, 6.07) is 0. The molecule has 0 aromatic carbocycles. The molecule has 1 aliphatic heterocycles. The maximum atomic E-state index is 4.52. The number of nitrogens with zero attached hydrogens (tertiary/aromatic N) is 2. The van der Waals surface area contributed by atoms with E-state index < -0.39 is 0 Å². The van der Waals surface area contributed by atoms with Gasteiger partial charge in [0, 0.05) is 24.9 Å². The largest absolute Gasteiger partial charge is 0.335 e. The van der Waals surface area contributed by atoms with Gasteiger partial charge >= 0.3 is 0 Å². The number of hydrogen-bond donors (Lipinski definition) is 0. The van der Waals surface area contributed by atoms with Crippen molar-refractivity contribution < 1.29 is 0 Å². The number of aromatic nitrogens is 2. The van der Waals surface area contributed by atoms with Gasteiger partial charge in [0.25, 0.3) is 0 Å². The standard InChI is InChI=1S/C12H18N2/c1-2-4-10(5-3-1)11-6-8-14-9-7-13-12(11)14/h7,9-11H,1-6,8H2/t11-/m0/s1. The molecule has 0 amide bonds. The van der Waals surface area contributed by atoms with E-state index in [2.05, 4.69) is 15.7 Å². The van der Waals surface area contributed by atoms with Crippen LogP contribution in [0, 0.1) is 5.92 Å². The van der Waals surface area contributed by atoms with E-state index in [1.807, 2.05) is 6.20 Å². The van der Waals surface area contributed by atoms with Crippen molar-refractivity contribution >= 4 is 0 Å². The van der Waals surface area contributed by atoms with Gasteiger partial charge in [-0.05, 0) is 25.2 Å². The van der Waals surface area contributed by atoms with Gasteiger partial charge in [-0.1, -0.05) is 19.3 Å². The van der Waals surface area contributed by atoms with Crippen LogP contribution in [0.2, 0.25) is 0 Å². The van der Waals surface area contributed by atoms with Gasteiger partial charge in [0.15, 0.2) is 0 Å². The molecule has 1 aliphatic carbocycles. The third kappa shape index (κ3) is 1.28. The van der Waals surface area contributed by atoms with Gasteiger partial charge < -0.3 is 4.57 Å². The molecule has 1 aromatic rings. The predicted molar refractivity (Wildman–Crippen MR) is 56.2 cm³/mol. The topological polar surface area (TPSA) is 17.8 Å². The zero-order chi connectivity index (χ0) is 9.38. The highest BCUT2D eigenvalue weighted by atomic mass is 15.1. The van der Waals surface area contributed by atoms with Crippen LogP contribution in [0.1, 0.15) is 50.3 Å². The Kier molecular flexibility index (Phi) is 2.07. The second-order valence-electron chi connectivity index (χ2n) is 4.77. The Morgan fingerprint density at radius 2 is 2.00 bits per heavy atom. The van der Waals surface area contributed by atoms with E-state index in [1.165, 1.54) is 50.9 Å². The fraction of sp³-hybridized carbons (Fsp3) is 0.750. The molecular weight excluding hydrogens is 172 g/mol. The first-order valence-corrected chi connectivity index (χ1v) is 5.96. The molecule has 2 heterocycles. The van der Waals surface area contributed by atoms with Crippen molar-refractivity contribution in [1.29, 1.82) is 0 Å². The average molecular weight is 190 g/mol. The minimum Gasteiger partial charge on any atom is -0.335 e. The number of hydrogen-bond acceptors (Lipinski definition) is 1. The molecule has 1 atom stereocenters. The van der Waals surface area contributed by atoms with Crippen molar-refractivity contribution in [3.63, 3.8) is 0 Å². The van der Waals surface area contributed by atoms with Crippen LogP contribution in [-0.2, 0) is 6.54 Å². The molecule has 3 rings (SSSR count). The van der Waals surface area contributed by atoms with E-state index in [9.17, 15) is 0 Å². The van der Waals surface area contributed by atoms with Crippen LogP contribution in [0.5, 0.6) is 0 Å². The minimum absolute atomic E-state index is 0.783. The lowest BCUT2D eigenvalue weighted by Crippen LogP contribution is -2.14. The van der Waals surface area contributed by atoms with E-state index >= 15 is 0 Å². The summed E-state index contributed by atoms with van der Waals surface area (Å²) < 4.78 is 2.35. The fourth-order valence-electron chi connectivity index (χ4n) is 3.23. The molecule has 76 valence electrons. The molecule has 0 radical (unpaired) electrons.